The molecule has 0 saturated heterocycles. The number of carbonyl (C=O) groups is 2. The van der Waals surface area contributed by atoms with Crippen LogP contribution in [0.3, 0.4) is 0 Å². The smallest absolute Gasteiger partial charge is 0.310 e. The maximum atomic E-state index is 14.4. The van der Waals surface area contributed by atoms with E-state index in [0.717, 1.165) is 0 Å². The summed E-state index contributed by atoms with van der Waals surface area (Å²) in [5.74, 6) is -2.01. The van der Waals surface area contributed by atoms with Crippen LogP contribution in [0.1, 0.15) is 28.5 Å². The highest BCUT2D eigenvalue weighted by Crippen LogP contribution is 2.32. The highest BCUT2D eigenvalue weighted by Gasteiger charge is 2.23. The van der Waals surface area contributed by atoms with Gasteiger partial charge in [0.2, 0.25) is 0 Å². The Morgan fingerprint density at radius 2 is 1.79 bits per heavy atom. The van der Waals surface area contributed by atoms with E-state index >= 15 is 0 Å². The Morgan fingerprint density at radius 3 is 2.39 bits per heavy atom. The van der Waals surface area contributed by atoms with Crippen LogP contribution in [0, 0.1) is 18.6 Å². The van der Waals surface area contributed by atoms with Crippen LogP contribution in [0.25, 0.3) is 10.9 Å². The van der Waals surface area contributed by atoms with Gasteiger partial charge in [-0.05, 0) is 49.7 Å². The predicted octanol–water partition coefficient (Wildman–Crippen LogP) is 4.03. The van der Waals surface area contributed by atoms with Gasteiger partial charge in [0.15, 0.2) is 11.6 Å². The Hall–Kier alpha value is -3.22. The second-order valence-corrected chi connectivity index (χ2v) is 6.20. The molecule has 3 aromatic rings. The van der Waals surface area contributed by atoms with Gasteiger partial charge in [0.25, 0.3) is 5.91 Å². The standard InChI is InChI=1S/C21H19F2NO4/c1-4-28-20(25)10-15-12(2)24(21(26)13-5-7-14(22)8-6-13)18-11-17(23)19(27-3)9-16(15)18/h5-9,11H,4,10H2,1-3H3. The van der Waals surface area contributed by atoms with E-state index in [9.17, 15) is 18.4 Å². The van der Waals surface area contributed by atoms with Crippen LogP contribution < -0.4 is 4.74 Å². The second kappa shape index (κ2) is 7.80. The molecule has 1 aromatic heterocycles. The van der Waals surface area contributed by atoms with Crippen molar-refractivity contribution in [2.75, 3.05) is 13.7 Å². The molecule has 0 N–H and O–H groups in total. The van der Waals surface area contributed by atoms with E-state index < -0.39 is 23.5 Å². The zero-order valence-corrected chi connectivity index (χ0v) is 15.7. The highest BCUT2D eigenvalue weighted by molar-refractivity contribution is 6.05. The molecule has 0 fully saturated rings. The summed E-state index contributed by atoms with van der Waals surface area (Å²) < 4.78 is 38.9. The lowest BCUT2D eigenvalue weighted by Gasteiger charge is -2.08. The lowest BCUT2D eigenvalue weighted by Crippen LogP contribution is -2.14. The fourth-order valence-corrected chi connectivity index (χ4v) is 3.20. The third-order valence-electron chi connectivity index (χ3n) is 4.53. The zero-order valence-electron chi connectivity index (χ0n) is 15.7. The molecule has 3 rings (SSSR count). The quantitative estimate of drug-likeness (QED) is 0.621. The summed E-state index contributed by atoms with van der Waals surface area (Å²) in [6.45, 7) is 3.59. The minimum atomic E-state index is -0.636. The molecule has 0 amide bonds. The lowest BCUT2D eigenvalue weighted by atomic mass is 10.1. The van der Waals surface area contributed by atoms with Crippen LogP contribution in [0.2, 0.25) is 0 Å². The molecule has 0 unspecified atom stereocenters. The first-order valence-electron chi connectivity index (χ1n) is 8.70. The van der Waals surface area contributed by atoms with Gasteiger partial charge in [0.05, 0.1) is 25.7 Å². The second-order valence-electron chi connectivity index (χ2n) is 6.20. The molecule has 0 spiro atoms. The summed E-state index contributed by atoms with van der Waals surface area (Å²) >= 11 is 0. The van der Waals surface area contributed by atoms with Crippen LogP contribution in [0.15, 0.2) is 36.4 Å². The van der Waals surface area contributed by atoms with Gasteiger partial charge in [-0.1, -0.05) is 0 Å². The Balaban J connectivity index is 2.22. The van der Waals surface area contributed by atoms with Gasteiger partial charge in [0, 0.05) is 22.7 Å². The molecule has 0 atom stereocenters. The number of benzene rings is 2. The van der Waals surface area contributed by atoms with Crippen molar-refractivity contribution in [3.05, 3.63) is 64.9 Å². The molecule has 0 saturated carbocycles. The first-order valence-corrected chi connectivity index (χ1v) is 8.70. The number of aromatic nitrogens is 1. The maximum Gasteiger partial charge on any atom is 0.310 e. The molecular formula is C21H19F2NO4. The molecule has 7 heteroatoms. The lowest BCUT2D eigenvalue weighted by molar-refractivity contribution is -0.142. The SMILES string of the molecule is CCOC(=O)Cc1c(C)n(C(=O)c2ccc(F)cc2)c2cc(F)c(OC)cc12. The number of halogens is 2. The van der Waals surface area contributed by atoms with Crippen molar-refractivity contribution in [3.63, 3.8) is 0 Å². The summed E-state index contributed by atoms with van der Waals surface area (Å²) in [5, 5.41) is 0.513. The molecule has 146 valence electrons. The first kappa shape index (κ1) is 19.5. The number of rotatable bonds is 5. The Morgan fingerprint density at radius 1 is 1.11 bits per heavy atom. The van der Waals surface area contributed by atoms with Crippen molar-refractivity contribution >= 4 is 22.8 Å². The van der Waals surface area contributed by atoms with E-state index in [1.54, 1.807) is 13.8 Å². The molecule has 2 aromatic carbocycles. The van der Waals surface area contributed by atoms with Crippen molar-refractivity contribution in [3.8, 4) is 5.75 Å². The van der Waals surface area contributed by atoms with Gasteiger partial charge < -0.3 is 9.47 Å². The monoisotopic (exact) mass is 387 g/mol. The van der Waals surface area contributed by atoms with E-state index in [1.165, 1.54) is 48.1 Å². The molecule has 28 heavy (non-hydrogen) atoms. The van der Waals surface area contributed by atoms with E-state index in [0.29, 0.717) is 22.2 Å². The van der Waals surface area contributed by atoms with Gasteiger partial charge in [-0.25, -0.2) is 8.78 Å². The Kier molecular flexibility index (Phi) is 5.44. The third kappa shape index (κ3) is 3.47. The van der Waals surface area contributed by atoms with Gasteiger partial charge in [-0.3, -0.25) is 14.2 Å². The molecule has 0 radical (unpaired) electrons. The third-order valence-corrected chi connectivity index (χ3v) is 4.53. The number of fused-ring (bicyclic) bond motifs is 1. The Bertz CT molecular complexity index is 1050. The van der Waals surface area contributed by atoms with Gasteiger partial charge in [0.1, 0.15) is 5.82 Å². The van der Waals surface area contributed by atoms with Crippen molar-refractivity contribution in [1.82, 2.24) is 4.57 Å². The predicted molar refractivity (Wildman–Crippen MR) is 99.7 cm³/mol. The summed E-state index contributed by atoms with van der Waals surface area (Å²) in [6, 6.07) is 7.72. The average molecular weight is 387 g/mol. The van der Waals surface area contributed by atoms with Crippen LogP contribution in [-0.4, -0.2) is 30.2 Å². The normalized spacial score (nSPS) is 10.9. The minimum Gasteiger partial charge on any atom is -0.494 e. The van der Waals surface area contributed by atoms with Crippen LogP contribution in [0.5, 0.6) is 5.75 Å². The van der Waals surface area contributed by atoms with Crippen LogP contribution in [0.4, 0.5) is 8.78 Å². The van der Waals surface area contributed by atoms with Crippen LogP contribution >= 0.6 is 0 Å². The van der Waals surface area contributed by atoms with Crippen molar-refractivity contribution in [2.45, 2.75) is 20.3 Å². The van der Waals surface area contributed by atoms with Gasteiger partial charge in [-0.2, -0.15) is 0 Å². The number of hydrogen-bond donors (Lipinski definition) is 0. The molecule has 0 aliphatic carbocycles. The van der Waals surface area contributed by atoms with E-state index in [1.807, 2.05) is 0 Å². The maximum absolute atomic E-state index is 14.4. The number of methoxy groups -OCH3 is 1. The van der Waals surface area contributed by atoms with Crippen LogP contribution in [-0.2, 0) is 16.0 Å². The summed E-state index contributed by atoms with van der Waals surface area (Å²) in [7, 11) is 1.34. The zero-order chi connectivity index (χ0) is 20.4. The molecular weight excluding hydrogens is 368 g/mol. The summed E-state index contributed by atoms with van der Waals surface area (Å²) in [6.07, 6.45) is -0.0747. The average Bonchev–Trinajstić information content (AvgIpc) is 2.92. The fourth-order valence-electron chi connectivity index (χ4n) is 3.20. The van der Waals surface area contributed by atoms with Gasteiger partial charge in [-0.15, -0.1) is 0 Å². The Labute approximate surface area is 160 Å². The molecule has 0 aliphatic rings. The number of esters is 1. The topological polar surface area (TPSA) is 57.5 Å². The summed E-state index contributed by atoms with van der Waals surface area (Å²) in [5.41, 5.74) is 1.55. The minimum absolute atomic E-state index is 0.00369. The first-order chi connectivity index (χ1) is 13.4. The van der Waals surface area contributed by atoms with Crippen molar-refractivity contribution in [2.24, 2.45) is 0 Å². The molecule has 0 bridgehead atoms. The largest absolute Gasteiger partial charge is 0.494 e. The highest BCUT2D eigenvalue weighted by atomic mass is 19.1. The molecule has 0 aliphatic heterocycles. The van der Waals surface area contributed by atoms with Crippen molar-refractivity contribution < 1.29 is 27.8 Å². The number of hydrogen-bond acceptors (Lipinski definition) is 4. The molecule has 5 nitrogen and oxygen atoms in total. The summed E-state index contributed by atoms with van der Waals surface area (Å²) in [4.78, 5) is 25.1. The van der Waals surface area contributed by atoms with E-state index in [-0.39, 0.29) is 24.3 Å². The van der Waals surface area contributed by atoms with Gasteiger partial charge >= 0.3 is 5.97 Å². The van der Waals surface area contributed by atoms with E-state index in [2.05, 4.69) is 0 Å². The number of nitrogens with zero attached hydrogens (tertiary/aromatic N) is 1. The van der Waals surface area contributed by atoms with Crippen molar-refractivity contribution in [1.29, 1.82) is 0 Å². The molecule has 1 heterocycles. The fraction of sp³-hybridized carbons (Fsp3) is 0.238. The van der Waals surface area contributed by atoms with E-state index in [4.69, 9.17) is 9.47 Å². The number of ether oxygens (including phenoxy) is 2. The number of carbonyl (C=O) groups excluding carboxylic acids is 2.